The Hall–Kier alpha value is -0.241. The molecule has 0 spiro atoms. The third kappa shape index (κ3) is 5.38. The molecular formula is C19H34N2O2Sn. The van der Waals surface area contributed by atoms with Crippen LogP contribution in [0.25, 0.3) is 0 Å². The Morgan fingerprint density at radius 2 is 1.17 bits per heavy atom. The van der Waals surface area contributed by atoms with Crippen LogP contribution in [0, 0.1) is 19.7 Å². The summed E-state index contributed by atoms with van der Waals surface area (Å²) in [6, 6.07) is 0. The van der Waals surface area contributed by atoms with Gasteiger partial charge < -0.3 is 0 Å². The molecule has 1 saturated heterocycles. The summed E-state index contributed by atoms with van der Waals surface area (Å²) < 4.78 is 23.0. The number of methoxy groups -OCH3 is 2. The average Bonchev–Trinajstić information content (AvgIpc) is 2.45. The van der Waals surface area contributed by atoms with Crippen molar-refractivity contribution in [3.05, 3.63) is 0 Å². The Morgan fingerprint density at radius 1 is 0.792 bits per heavy atom. The first-order chi connectivity index (χ1) is 11.1. The topological polar surface area (TPSA) is 24.9 Å². The van der Waals surface area contributed by atoms with E-state index in [2.05, 4.69) is 67.5 Å². The molecule has 0 atom stereocenters. The van der Waals surface area contributed by atoms with Gasteiger partial charge in [0.2, 0.25) is 0 Å². The van der Waals surface area contributed by atoms with Gasteiger partial charge in [-0.25, -0.2) is 0 Å². The van der Waals surface area contributed by atoms with E-state index >= 15 is 0 Å². The molecule has 0 radical (unpaired) electrons. The van der Waals surface area contributed by atoms with Gasteiger partial charge in [-0.2, -0.15) is 0 Å². The minimum atomic E-state index is -3.46. The van der Waals surface area contributed by atoms with Gasteiger partial charge in [-0.3, -0.25) is 0 Å². The van der Waals surface area contributed by atoms with Crippen LogP contribution in [-0.2, 0) is 9.47 Å². The standard InChI is InChI=1S/C11H24N2.2C4H5O.Sn/c1-10(2,3)12-8-7-9-13-11(4,5)6;2*1-3-4-5-2;/h7-9H2,1-6H3;2*4H2,2H3;/q-2;;;+2. The summed E-state index contributed by atoms with van der Waals surface area (Å²) in [5.41, 5.74) is 0.0903. The number of ether oxygens (including phenoxy) is 2. The summed E-state index contributed by atoms with van der Waals surface area (Å²) in [7, 11) is 3.38. The molecular weight excluding hydrogens is 407 g/mol. The van der Waals surface area contributed by atoms with Gasteiger partial charge in [-0.15, -0.1) is 0 Å². The zero-order chi connectivity index (χ0) is 18.4. The molecule has 0 aromatic carbocycles. The van der Waals surface area contributed by atoms with E-state index in [4.69, 9.17) is 9.47 Å². The molecule has 24 heavy (non-hydrogen) atoms. The second kappa shape index (κ2) is 8.92. The predicted molar refractivity (Wildman–Crippen MR) is 103 cm³/mol. The van der Waals surface area contributed by atoms with Gasteiger partial charge in [0.15, 0.2) is 0 Å². The van der Waals surface area contributed by atoms with Crippen molar-refractivity contribution in [2.24, 2.45) is 0 Å². The second-order valence-electron chi connectivity index (χ2n) is 8.14. The van der Waals surface area contributed by atoms with E-state index in [0.29, 0.717) is 13.2 Å². The Kier molecular flexibility index (Phi) is 8.10. The summed E-state index contributed by atoms with van der Waals surface area (Å²) in [4.78, 5) is 0. The van der Waals surface area contributed by atoms with Crippen molar-refractivity contribution in [2.45, 2.75) is 59.0 Å². The molecule has 5 heteroatoms. The molecule has 1 aliphatic heterocycles. The molecule has 1 fully saturated rings. The van der Waals surface area contributed by atoms with Gasteiger partial charge in [0.05, 0.1) is 0 Å². The number of hydrogen-bond acceptors (Lipinski definition) is 4. The van der Waals surface area contributed by atoms with Gasteiger partial charge in [0, 0.05) is 0 Å². The Balaban J connectivity index is 3.54. The number of hydrogen-bond donors (Lipinski definition) is 0. The van der Waals surface area contributed by atoms with E-state index < -0.39 is 18.9 Å². The maximum atomic E-state index is 5.20. The number of rotatable bonds is 2. The second-order valence-corrected chi connectivity index (χ2v) is 16.5. The zero-order valence-corrected chi connectivity index (χ0v) is 19.6. The minimum absolute atomic E-state index is 0.0451. The molecule has 0 bridgehead atoms. The van der Waals surface area contributed by atoms with Crippen molar-refractivity contribution in [3.63, 3.8) is 0 Å². The van der Waals surface area contributed by atoms with Crippen LogP contribution in [0.1, 0.15) is 48.0 Å². The van der Waals surface area contributed by atoms with Crippen LogP contribution in [0.15, 0.2) is 0 Å². The van der Waals surface area contributed by atoms with Crippen molar-refractivity contribution in [1.82, 2.24) is 6.24 Å². The Bertz CT molecular complexity index is 478. The molecule has 1 aliphatic rings. The number of nitrogens with zero attached hydrogens (tertiary/aromatic N) is 2. The van der Waals surface area contributed by atoms with Crippen LogP contribution < -0.4 is 0 Å². The zero-order valence-electron chi connectivity index (χ0n) is 16.7. The van der Waals surface area contributed by atoms with E-state index in [1.54, 1.807) is 14.2 Å². The molecule has 136 valence electrons. The van der Waals surface area contributed by atoms with Gasteiger partial charge in [0.1, 0.15) is 0 Å². The molecule has 1 rings (SSSR count). The molecule has 0 amide bonds. The molecule has 4 nitrogen and oxygen atoms in total. The van der Waals surface area contributed by atoms with Crippen molar-refractivity contribution < 1.29 is 9.47 Å². The fourth-order valence-corrected chi connectivity index (χ4v) is 15.9. The predicted octanol–water partition coefficient (Wildman–Crippen LogP) is 2.41. The normalized spacial score (nSPS) is 19.2. The summed E-state index contributed by atoms with van der Waals surface area (Å²) >= 11 is -3.46. The van der Waals surface area contributed by atoms with Crippen LogP contribution in [0.4, 0.5) is 0 Å². The maximum absolute atomic E-state index is 5.20. The van der Waals surface area contributed by atoms with E-state index in [1.165, 1.54) is 0 Å². The third-order valence-corrected chi connectivity index (χ3v) is 16.7. The van der Waals surface area contributed by atoms with Crippen molar-refractivity contribution in [2.75, 3.05) is 40.5 Å². The molecule has 0 unspecified atom stereocenters. The summed E-state index contributed by atoms with van der Waals surface area (Å²) in [6.45, 7) is 16.7. The molecule has 1 heterocycles. The first kappa shape index (κ1) is 21.8. The van der Waals surface area contributed by atoms with E-state index in [-0.39, 0.29) is 11.1 Å². The van der Waals surface area contributed by atoms with Crippen LogP contribution in [0.2, 0.25) is 0 Å². The summed E-state index contributed by atoms with van der Waals surface area (Å²) in [5.74, 6) is 6.54. The van der Waals surface area contributed by atoms with Gasteiger partial charge in [0.25, 0.3) is 0 Å². The molecule has 0 saturated carbocycles. The third-order valence-electron chi connectivity index (χ3n) is 4.12. The fourth-order valence-electron chi connectivity index (χ4n) is 3.26. The van der Waals surface area contributed by atoms with E-state index in [0.717, 1.165) is 19.5 Å². The van der Waals surface area contributed by atoms with Crippen molar-refractivity contribution >= 4 is 18.9 Å². The fraction of sp³-hybridized carbons (Fsp3) is 0.789. The van der Waals surface area contributed by atoms with Crippen LogP contribution in [-0.4, -0.2) is 76.8 Å². The first-order valence-electron chi connectivity index (χ1n) is 8.63. The SMILES string of the molecule is COCC#[C][Sn]1([C]#CCOC)[N](C(C)(C)C)CCC[N]1C(C)(C)C. The van der Waals surface area contributed by atoms with Crippen LogP contribution in [0.5, 0.6) is 0 Å². The van der Waals surface area contributed by atoms with E-state index in [9.17, 15) is 0 Å². The van der Waals surface area contributed by atoms with Gasteiger partial charge >= 0.3 is 154 Å². The molecule has 0 N–H and O–H groups in total. The van der Waals surface area contributed by atoms with Crippen LogP contribution >= 0.6 is 0 Å². The van der Waals surface area contributed by atoms with Gasteiger partial charge in [-0.05, 0) is 0 Å². The average molecular weight is 441 g/mol. The summed E-state index contributed by atoms with van der Waals surface area (Å²) in [6.07, 6.45) is 1.16. The Morgan fingerprint density at radius 3 is 1.46 bits per heavy atom. The van der Waals surface area contributed by atoms with Crippen molar-refractivity contribution in [3.8, 4) is 19.7 Å². The van der Waals surface area contributed by atoms with Gasteiger partial charge in [-0.1, -0.05) is 0 Å². The quantitative estimate of drug-likeness (QED) is 0.486. The molecule has 0 aliphatic carbocycles. The van der Waals surface area contributed by atoms with E-state index in [1.807, 2.05) is 0 Å². The van der Waals surface area contributed by atoms with Crippen molar-refractivity contribution in [1.29, 1.82) is 0 Å². The molecule has 0 aromatic heterocycles. The van der Waals surface area contributed by atoms with Crippen LogP contribution in [0.3, 0.4) is 0 Å². The molecule has 0 aromatic rings. The summed E-state index contributed by atoms with van der Waals surface area (Å²) in [5, 5.41) is 0. The Labute approximate surface area is 153 Å². The first-order valence-corrected chi connectivity index (χ1v) is 14.0. The monoisotopic (exact) mass is 442 g/mol.